The Labute approximate surface area is 332 Å². The summed E-state index contributed by atoms with van der Waals surface area (Å²) >= 11 is 0. The van der Waals surface area contributed by atoms with E-state index in [0.717, 1.165) is 39.0 Å². The van der Waals surface area contributed by atoms with E-state index in [1.807, 2.05) is 0 Å². The summed E-state index contributed by atoms with van der Waals surface area (Å²) in [5.41, 5.74) is 16.8. The van der Waals surface area contributed by atoms with Gasteiger partial charge < -0.3 is 9.32 Å². The summed E-state index contributed by atoms with van der Waals surface area (Å²) in [4.78, 5) is 2.34. The Balaban J connectivity index is 1.06. The monoisotopic (exact) mass is 727 g/mol. The topological polar surface area (TPSA) is 16.4 Å². The molecule has 2 nitrogen and oxygen atoms in total. The van der Waals surface area contributed by atoms with E-state index >= 15 is 0 Å². The van der Waals surface area contributed by atoms with Crippen LogP contribution in [0.4, 0.5) is 17.1 Å². The number of hydrogen-bond acceptors (Lipinski definition) is 2. The number of anilines is 3. The summed E-state index contributed by atoms with van der Waals surface area (Å²) in [6.45, 7) is 0. The zero-order valence-corrected chi connectivity index (χ0v) is 31.2. The largest absolute Gasteiger partial charge is 0.456 e. The van der Waals surface area contributed by atoms with E-state index in [-0.39, 0.29) is 0 Å². The first-order chi connectivity index (χ1) is 28.3. The molecule has 0 fully saturated rings. The van der Waals surface area contributed by atoms with Gasteiger partial charge in [0.1, 0.15) is 11.2 Å². The van der Waals surface area contributed by atoms with Gasteiger partial charge in [0.05, 0.1) is 5.41 Å². The van der Waals surface area contributed by atoms with Crippen LogP contribution in [0.3, 0.4) is 0 Å². The highest BCUT2D eigenvalue weighted by atomic mass is 16.3. The van der Waals surface area contributed by atoms with E-state index in [2.05, 4.69) is 229 Å². The van der Waals surface area contributed by atoms with Crippen molar-refractivity contribution in [3.05, 3.63) is 247 Å². The number of benzene rings is 9. The molecular weight excluding hydrogens is 691 g/mol. The van der Waals surface area contributed by atoms with Crippen molar-refractivity contribution >= 4 is 39.0 Å². The molecule has 0 amide bonds. The van der Waals surface area contributed by atoms with Crippen molar-refractivity contribution in [2.24, 2.45) is 0 Å². The molecule has 10 aromatic rings. The lowest BCUT2D eigenvalue weighted by molar-refractivity contribution is 0.665. The van der Waals surface area contributed by atoms with E-state index in [0.29, 0.717) is 0 Å². The first-order valence-corrected chi connectivity index (χ1v) is 19.6. The van der Waals surface area contributed by atoms with E-state index in [1.165, 1.54) is 55.6 Å². The Kier molecular flexibility index (Phi) is 7.75. The van der Waals surface area contributed by atoms with Crippen LogP contribution >= 0.6 is 0 Å². The van der Waals surface area contributed by atoms with Gasteiger partial charge in [0.25, 0.3) is 0 Å². The van der Waals surface area contributed by atoms with Gasteiger partial charge in [-0.15, -0.1) is 0 Å². The Hall–Kier alpha value is -7.42. The molecular formula is C55H37NO. The first-order valence-electron chi connectivity index (χ1n) is 19.6. The predicted octanol–water partition coefficient (Wildman–Crippen LogP) is 14.8. The van der Waals surface area contributed by atoms with Crippen molar-refractivity contribution in [1.82, 2.24) is 0 Å². The van der Waals surface area contributed by atoms with Crippen LogP contribution in [0.25, 0.3) is 55.3 Å². The lowest BCUT2D eigenvalue weighted by atomic mass is 9.67. The molecule has 0 unspecified atom stereocenters. The van der Waals surface area contributed by atoms with Crippen LogP contribution in [0.15, 0.2) is 229 Å². The van der Waals surface area contributed by atoms with Gasteiger partial charge in [0.15, 0.2) is 0 Å². The quantitative estimate of drug-likeness (QED) is 0.163. The smallest absolute Gasteiger partial charge is 0.135 e. The maximum atomic E-state index is 6.77. The van der Waals surface area contributed by atoms with Crippen LogP contribution in [0.5, 0.6) is 0 Å². The highest BCUT2D eigenvalue weighted by Crippen LogP contribution is 2.56. The minimum Gasteiger partial charge on any atom is -0.456 e. The third-order valence-corrected chi connectivity index (χ3v) is 11.8. The first kappa shape index (κ1) is 33.0. The molecule has 0 bridgehead atoms. The molecule has 0 saturated carbocycles. The fourth-order valence-electron chi connectivity index (χ4n) is 9.16. The molecule has 0 atom stereocenters. The van der Waals surface area contributed by atoms with Gasteiger partial charge in [-0.05, 0) is 104 Å². The maximum absolute atomic E-state index is 6.77. The minimum atomic E-state index is -0.485. The standard InChI is InChI=1S/C55H37NO/c1-4-14-38(15-5-1)40-24-29-44(30-25-40)56(45-31-26-41(27-32-45)39-16-6-2-7-17-39)46-33-35-53-50(37-46)49-34-28-43(36-54(49)57-53)55(42-18-8-3-9-19-42)51-22-12-10-20-47(51)48-21-11-13-23-52(48)55/h1-37H. The van der Waals surface area contributed by atoms with Crippen LogP contribution < -0.4 is 4.90 Å². The zero-order valence-electron chi connectivity index (χ0n) is 31.2. The van der Waals surface area contributed by atoms with Crippen molar-refractivity contribution in [1.29, 1.82) is 0 Å². The van der Waals surface area contributed by atoms with E-state index in [4.69, 9.17) is 4.42 Å². The fraction of sp³-hybridized carbons (Fsp3) is 0.0182. The summed E-state index contributed by atoms with van der Waals surface area (Å²) in [6.07, 6.45) is 0. The Morgan fingerprint density at radius 2 is 0.789 bits per heavy atom. The summed E-state index contributed by atoms with van der Waals surface area (Å²) in [6, 6.07) is 81.0. The molecule has 11 rings (SSSR count). The summed E-state index contributed by atoms with van der Waals surface area (Å²) in [5.74, 6) is 0. The van der Waals surface area contributed by atoms with Crippen LogP contribution in [0.1, 0.15) is 22.3 Å². The van der Waals surface area contributed by atoms with Gasteiger partial charge in [-0.3, -0.25) is 0 Å². The molecule has 0 spiro atoms. The molecule has 2 heteroatoms. The summed E-state index contributed by atoms with van der Waals surface area (Å²) in [5, 5.41) is 2.18. The SMILES string of the molecule is c1ccc(-c2ccc(N(c3ccc(-c4ccccc4)cc3)c3ccc4oc5cc(C6(c7ccccc7)c7ccccc7-c7ccccc76)ccc5c4c3)cc2)cc1. The molecule has 57 heavy (non-hydrogen) atoms. The van der Waals surface area contributed by atoms with Crippen LogP contribution in [-0.2, 0) is 5.41 Å². The van der Waals surface area contributed by atoms with Crippen molar-refractivity contribution in [2.45, 2.75) is 5.41 Å². The molecule has 0 N–H and O–H groups in total. The number of nitrogens with zero attached hydrogens (tertiary/aromatic N) is 1. The average Bonchev–Trinajstić information content (AvgIpc) is 3.81. The summed E-state index contributed by atoms with van der Waals surface area (Å²) in [7, 11) is 0. The average molecular weight is 728 g/mol. The Morgan fingerprint density at radius 3 is 1.35 bits per heavy atom. The van der Waals surface area contributed by atoms with E-state index < -0.39 is 5.41 Å². The minimum absolute atomic E-state index is 0.485. The van der Waals surface area contributed by atoms with Gasteiger partial charge in [-0.25, -0.2) is 0 Å². The molecule has 268 valence electrons. The van der Waals surface area contributed by atoms with E-state index in [9.17, 15) is 0 Å². The highest BCUT2D eigenvalue weighted by Gasteiger charge is 2.46. The normalized spacial score (nSPS) is 12.7. The lowest BCUT2D eigenvalue weighted by Gasteiger charge is -2.33. The molecule has 1 aliphatic carbocycles. The second kappa shape index (κ2) is 13.4. The third kappa shape index (κ3) is 5.33. The van der Waals surface area contributed by atoms with Gasteiger partial charge in [-0.2, -0.15) is 0 Å². The van der Waals surface area contributed by atoms with Crippen molar-refractivity contribution in [2.75, 3.05) is 4.90 Å². The zero-order chi connectivity index (χ0) is 37.8. The third-order valence-electron chi connectivity index (χ3n) is 11.8. The van der Waals surface area contributed by atoms with Gasteiger partial charge >= 0.3 is 0 Å². The van der Waals surface area contributed by atoms with Crippen LogP contribution in [0, 0.1) is 0 Å². The number of furan rings is 1. The van der Waals surface area contributed by atoms with Crippen molar-refractivity contribution < 1.29 is 4.42 Å². The second-order valence-corrected chi connectivity index (χ2v) is 14.9. The molecule has 0 saturated heterocycles. The molecule has 0 aliphatic heterocycles. The highest BCUT2D eigenvalue weighted by molar-refractivity contribution is 6.07. The second-order valence-electron chi connectivity index (χ2n) is 14.9. The summed E-state index contributed by atoms with van der Waals surface area (Å²) < 4.78 is 6.77. The van der Waals surface area contributed by atoms with Gasteiger partial charge in [0.2, 0.25) is 0 Å². The molecule has 1 aliphatic rings. The molecule has 1 aromatic heterocycles. The van der Waals surface area contributed by atoms with Gasteiger partial charge in [0, 0.05) is 27.8 Å². The fourth-order valence-corrected chi connectivity index (χ4v) is 9.16. The number of rotatable bonds is 7. The molecule has 1 heterocycles. The number of fused-ring (bicyclic) bond motifs is 6. The van der Waals surface area contributed by atoms with Crippen LogP contribution in [-0.4, -0.2) is 0 Å². The lowest BCUT2D eigenvalue weighted by Crippen LogP contribution is -2.28. The van der Waals surface area contributed by atoms with Crippen molar-refractivity contribution in [3.63, 3.8) is 0 Å². The Morgan fingerprint density at radius 1 is 0.316 bits per heavy atom. The van der Waals surface area contributed by atoms with Crippen LogP contribution in [0.2, 0.25) is 0 Å². The van der Waals surface area contributed by atoms with E-state index in [1.54, 1.807) is 0 Å². The molecule has 9 aromatic carbocycles. The predicted molar refractivity (Wildman–Crippen MR) is 237 cm³/mol. The Bertz CT molecular complexity index is 2910. The van der Waals surface area contributed by atoms with Crippen molar-refractivity contribution in [3.8, 4) is 33.4 Å². The molecule has 0 radical (unpaired) electrons. The van der Waals surface area contributed by atoms with Gasteiger partial charge in [-0.1, -0.05) is 176 Å². The maximum Gasteiger partial charge on any atom is 0.135 e. The number of hydrogen-bond donors (Lipinski definition) is 0.